The van der Waals surface area contributed by atoms with Crippen molar-refractivity contribution in [3.05, 3.63) is 53.2 Å². The number of fused-ring (bicyclic) bond motifs is 1. The summed E-state index contributed by atoms with van der Waals surface area (Å²) in [5, 5.41) is 13.0. The molecule has 0 atom stereocenters. The minimum absolute atomic E-state index is 0.566. The number of rotatable bonds is 6. The molecule has 0 aliphatic heterocycles. The zero-order chi connectivity index (χ0) is 19.4. The van der Waals surface area contributed by atoms with Gasteiger partial charge in [-0.3, -0.25) is 0 Å². The summed E-state index contributed by atoms with van der Waals surface area (Å²) in [6, 6.07) is 9.92. The molecule has 0 spiro atoms. The zero-order valence-electron chi connectivity index (χ0n) is 15.8. The molecule has 1 heterocycles. The quantitative estimate of drug-likeness (QED) is 0.308. The maximum Gasteiger partial charge on any atom is 0.203 e. The van der Waals surface area contributed by atoms with E-state index in [0.29, 0.717) is 17.2 Å². The highest BCUT2D eigenvalue weighted by Gasteiger charge is 2.12. The largest absolute Gasteiger partial charge is 0.493 e. The van der Waals surface area contributed by atoms with Gasteiger partial charge in [-0.2, -0.15) is 0 Å². The van der Waals surface area contributed by atoms with Crippen LogP contribution in [0.4, 0.5) is 0 Å². The minimum atomic E-state index is 0.566. The Bertz CT molecular complexity index is 993. The van der Waals surface area contributed by atoms with Gasteiger partial charge in [-0.1, -0.05) is 23.4 Å². The Kier molecular flexibility index (Phi) is 5.35. The molecule has 0 amide bonds. The van der Waals surface area contributed by atoms with E-state index in [9.17, 15) is 0 Å². The molecule has 0 unspecified atom stereocenters. The fraction of sp³-hybridized carbons (Fsp3) is 0.190. The van der Waals surface area contributed by atoms with Gasteiger partial charge in [0.1, 0.15) is 0 Å². The molecule has 1 N–H and O–H groups in total. The molecule has 0 bridgehead atoms. The fourth-order valence-corrected chi connectivity index (χ4v) is 3.10. The number of benzene rings is 2. The Labute approximate surface area is 157 Å². The summed E-state index contributed by atoms with van der Waals surface area (Å²) in [5.74, 6) is 1.78. The molecular weight excluding hydrogens is 344 g/mol. The average molecular weight is 366 g/mol. The van der Waals surface area contributed by atoms with Crippen molar-refractivity contribution < 1.29 is 19.4 Å². The maximum absolute atomic E-state index is 8.86. The Balaban J connectivity index is 1.99. The van der Waals surface area contributed by atoms with Crippen molar-refractivity contribution in [2.45, 2.75) is 0 Å². The van der Waals surface area contributed by atoms with Gasteiger partial charge in [-0.05, 0) is 35.4 Å². The molecule has 1 aromatic heterocycles. The van der Waals surface area contributed by atoms with Crippen LogP contribution in [0.15, 0.2) is 41.7 Å². The number of aryl methyl sites for hydroxylation is 1. The van der Waals surface area contributed by atoms with Crippen molar-refractivity contribution >= 4 is 29.3 Å². The highest BCUT2D eigenvalue weighted by atomic mass is 16.5. The van der Waals surface area contributed by atoms with Crippen LogP contribution in [-0.2, 0) is 7.05 Å². The zero-order valence-corrected chi connectivity index (χ0v) is 15.8. The molecule has 0 fully saturated rings. The molecule has 0 aliphatic carbocycles. The van der Waals surface area contributed by atoms with Crippen LogP contribution in [0.1, 0.15) is 16.7 Å². The lowest BCUT2D eigenvalue weighted by Gasteiger charge is -2.12. The second-order valence-corrected chi connectivity index (χ2v) is 6.01. The first-order chi connectivity index (χ1) is 13.1. The maximum atomic E-state index is 8.86. The van der Waals surface area contributed by atoms with Gasteiger partial charge in [0.05, 0.1) is 27.5 Å². The van der Waals surface area contributed by atoms with E-state index in [-0.39, 0.29) is 0 Å². The van der Waals surface area contributed by atoms with Crippen LogP contribution in [0, 0.1) is 0 Å². The molecule has 3 aromatic rings. The highest BCUT2D eigenvalue weighted by molar-refractivity contribution is 6.00. The topological polar surface area (TPSA) is 65.2 Å². The first-order valence-corrected chi connectivity index (χ1v) is 8.36. The third-order valence-electron chi connectivity index (χ3n) is 4.40. The first kappa shape index (κ1) is 18.4. The molecule has 0 radical (unpaired) electrons. The Morgan fingerprint density at radius 2 is 1.59 bits per heavy atom. The van der Waals surface area contributed by atoms with Crippen molar-refractivity contribution in [3.63, 3.8) is 0 Å². The van der Waals surface area contributed by atoms with Gasteiger partial charge in [0.15, 0.2) is 11.5 Å². The number of hydrogen-bond acceptors (Lipinski definition) is 5. The minimum Gasteiger partial charge on any atom is -0.493 e. The van der Waals surface area contributed by atoms with Crippen molar-refractivity contribution in [1.82, 2.24) is 4.57 Å². The molecule has 0 saturated carbocycles. The molecule has 3 rings (SSSR count). The van der Waals surface area contributed by atoms with Gasteiger partial charge >= 0.3 is 0 Å². The molecule has 2 aromatic carbocycles. The fourth-order valence-electron chi connectivity index (χ4n) is 3.10. The van der Waals surface area contributed by atoms with Gasteiger partial charge in [-0.25, -0.2) is 0 Å². The number of oxime groups is 1. The van der Waals surface area contributed by atoms with Crippen LogP contribution in [-0.4, -0.2) is 37.3 Å². The van der Waals surface area contributed by atoms with E-state index < -0.39 is 0 Å². The summed E-state index contributed by atoms with van der Waals surface area (Å²) in [7, 11) is 6.73. The number of hydrogen-bond donors (Lipinski definition) is 1. The van der Waals surface area contributed by atoms with E-state index >= 15 is 0 Å². The van der Waals surface area contributed by atoms with E-state index in [1.807, 2.05) is 54.2 Å². The molecular formula is C21H22N2O4. The molecule has 0 aliphatic rings. The van der Waals surface area contributed by atoms with Crippen LogP contribution in [0.25, 0.3) is 23.1 Å². The molecule has 27 heavy (non-hydrogen) atoms. The summed E-state index contributed by atoms with van der Waals surface area (Å²) in [6.07, 6.45) is 7.35. The van der Waals surface area contributed by atoms with Crippen LogP contribution in [0.3, 0.4) is 0 Å². The van der Waals surface area contributed by atoms with Gasteiger partial charge in [0.2, 0.25) is 5.75 Å². The van der Waals surface area contributed by atoms with E-state index in [4.69, 9.17) is 19.4 Å². The summed E-state index contributed by atoms with van der Waals surface area (Å²) in [5.41, 5.74) is 3.87. The van der Waals surface area contributed by atoms with Gasteiger partial charge in [-0.15, -0.1) is 0 Å². The summed E-state index contributed by atoms with van der Waals surface area (Å²) < 4.78 is 18.1. The van der Waals surface area contributed by atoms with E-state index in [1.165, 1.54) is 6.21 Å². The third-order valence-corrected chi connectivity index (χ3v) is 4.40. The normalized spacial score (nSPS) is 11.6. The van der Waals surface area contributed by atoms with Crippen LogP contribution >= 0.6 is 0 Å². The number of methoxy groups -OCH3 is 3. The number of nitrogens with zero attached hydrogens (tertiary/aromatic N) is 2. The average Bonchev–Trinajstić information content (AvgIpc) is 3.00. The van der Waals surface area contributed by atoms with Crippen molar-refractivity contribution in [2.24, 2.45) is 12.2 Å². The lowest BCUT2D eigenvalue weighted by molar-refractivity contribution is 0.322. The first-order valence-electron chi connectivity index (χ1n) is 8.36. The van der Waals surface area contributed by atoms with Crippen molar-refractivity contribution in [2.75, 3.05) is 21.3 Å². The predicted octanol–water partition coefficient (Wildman–Crippen LogP) is 4.18. The second-order valence-electron chi connectivity index (χ2n) is 6.01. The lowest BCUT2D eigenvalue weighted by Crippen LogP contribution is -1.95. The third kappa shape index (κ3) is 3.60. The van der Waals surface area contributed by atoms with Crippen molar-refractivity contribution in [3.8, 4) is 17.2 Å². The molecule has 6 heteroatoms. The molecule has 6 nitrogen and oxygen atoms in total. The van der Waals surface area contributed by atoms with Crippen LogP contribution < -0.4 is 14.2 Å². The van der Waals surface area contributed by atoms with E-state index in [2.05, 4.69) is 11.2 Å². The van der Waals surface area contributed by atoms with E-state index in [1.54, 1.807) is 21.3 Å². The summed E-state index contributed by atoms with van der Waals surface area (Å²) in [4.78, 5) is 0. The van der Waals surface area contributed by atoms with Crippen LogP contribution in [0.5, 0.6) is 17.2 Å². The van der Waals surface area contributed by atoms with Crippen molar-refractivity contribution in [1.29, 1.82) is 0 Å². The summed E-state index contributed by atoms with van der Waals surface area (Å²) >= 11 is 0. The smallest absolute Gasteiger partial charge is 0.203 e. The monoisotopic (exact) mass is 366 g/mol. The SMILES string of the molecule is COc1cc(C=Cc2ccc3c(c2)c(/C=N/O)cn3C)cc(OC)c1OC. The van der Waals surface area contributed by atoms with Gasteiger partial charge in [0.25, 0.3) is 0 Å². The Morgan fingerprint density at radius 3 is 2.19 bits per heavy atom. The number of ether oxygens (including phenoxy) is 3. The lowest BCUT2D eigenvalue weighted by atomic mass is 10.1. The Hall–Kier alpha value is -3.41. The van der Waals surface area contributed by atoms with Gasteiger partial charge in [0, 0.05) is 29.7 Å². The Morgan fingerprint density at radius 1 is 0.926 bits per heavy atom. The standard InChI is InChI=1S/C21H22N2O4/c1-23-13-16(12-22-24)17-9-14(7-8-18(17)23)5-6-15-10-19(25-2)21(27-4)20(11-15)26-3/h5-13,24H,1-4H3/b6-5?,22-12+. The van der Waals surface area contributed by atoms with E-state index in [0.717, 1.165) is 27.6 Å². The highest BCUT2D eigenvalue weighted by Crippen LogP contribution is 2.38. The van der Waals surface area contributed by atoms with Crippen LogP contribution in [0.2, 0.25) is 0 Å². The number of aromatic nitrogens is 1. The molecule has 0 saturated heterocycles. The summed E-state index contributed by atoms with van der Waals surface area (Å²) in [6.45, 7) is 0. The second kappa shape index (κ2) is 7.86. The molecule has 140 valence electrons. The predicted molar refractivity (Wildman–Crippen MR) is 107 cm³/mol. The van der Waals surface area contributed by atoms with Gasteiger partial charge < -0.3 is 24.0 Å².